The van der Waals surface area contributed by atoms with Gasteiger partial charge in [0.15, 0.2) is 5.13 Å². The van der Waals surface area contributed by atoms with E-state index in [9.17, 15) is 0 Å². The normalized spacial score (nSPS) is 20.6. The summed E-state index contributed by atoms with van der Waals surface area (Å²) < 4.78 is 0. The van der Waals surface area contributed by atoms with Gasteiger partial charge in [-0.15, -0.1) is 0 Å². The number of hydrogen-bond donors (Lipinski definition) is 1. The third kappa shape index (κ3) is 3.78. The maximum Gasteiger partial charge on any atom is 0.186 e. The summed E-state index contributed by atoms with van der Waals surface area (Å²) in [5.74, 6) is 0. The highest BCUT2D eigenvalue weighted by atomic mass is 32.1. The van der Waals surface area contributed by atoms with Gasteiger partial charge in [0.1, 0.15) is 0 Å². The minimum atomic E-state index is 0.346. The molecule has 1 atom stereocenters. The molecule has 0 saturated heterocycles. The number of nitrogens with zero attached hydrogens (tertiary/aromatic N) is 2. The fraction of sp³-hybridized carbons (Fsp3) is 0.824. The number of aromatic nitrogens is 1. The second-order valence-electron chi connectivity index (χ2n) is 7.24. The predicted octanol–water partition coefficient (Wildman–Crippen LogP) is 4.39. The van der Waals surface area contributed by atoms with Crippen molar-refractivity contribution in [3.63, 3.8) is 0 Å². The Morgan fingerprint density at radius 1 is 1.38 bits per heavy atom. The Kier molecular flexibility index (Phi) is 5.31. The highest BCUT2D eigenvalue weighted by Crippen LogP contribution is 2.44. The number of anilines is 1. The zero-order chi connectivity index (χ0) is 15.6. The van der Waals surface area contributed by atoms with Crippen LogP contribution in [0.4, 0.5) is 5.13 Å². The van der Waals surface area contributed by atoms with E-state index in [1.165, 1.54) is 28.5 Å². The van der Waals surface area contributed by atoms with Crippen molar-refractivity contribution in [3.05, 3.63) is 10.6 Å². The van der Waals surface area contributed by atoms with E-state index in [2.05, 4.69) is 51.8 Å². The van der Waals surface area contributed by atoms with E-state index in [1.54, 1.807) is 0 Å². The van der Waals surface area contributed by atoms with Crippen LogP contribution in [0.2, 0.25) is 0 Å². The second-order valence-corrected chi connectivity index (χ2v) is 8.25. The topological polar surface area (TPSA) is 28.2 Å². The molecular weight excluding hydrogens is 278 g/mol. The first-order chi connectivity index (χ1) is 9.88. The molecule has 0 saturated carbocycles. The van der Waals surface area contributed by atoms with Crippen LogP contribution in [0.25, 0.3) is 0 Å². The van der Waals surface area contributed by atoms with E-state index in [0.29, 0.717) is 17.5 Å². The zero-order valence-corrected chi connectivity index (χ0v) is 15.3. The summed E-state index contributed by atoms with van der Waals surface area (Å²) in [5, 5.41) is 4.94. The van der Waals surface area contributed by atoms with Crippen LogP contribution in [0, 0.1) is 5.41 Å². The van der Waals surface area contributed by atoms with E-state index in [1.807, 2.05) is 11.3 Å². The molecule has 0 aliphatic heterocycles. The van der Waals surface area contributed by atoms with Crippen LogP contribution >= 0.6 is 11.3 Å². The van der Waals surface area contributed by atoms with Gasteiger partial charge in [-0.3, -0.25) is 0 Å². The number of nitrogens with one attached hydrogen (secondary N) is 1. The van der Waals surface area contributed by atoms with Gasteiger partial charge in [0.05, 0.1) is 5.69 Å². The Hall–Kier alpha value is -0.610. The molecule has 4 heteroatoms. The van der Waals surface area contributed by atoms with Crippen LogP contribution in [-0.2, 0) is 6.42 Å². The van der Waals surface area contributed by atoms with Crippen LogP contribution in [0.3, 0.4) is 0 Å². The summed E-state index contributed by atoms with van der Waals surface area (Å²) in [7, 11) is 0. The Bertz CT molecular complexity index is 465. The molecular formula is C17H31N3S. The van der Waals surface area contributed by atoms with E-state index in [-0.39, 0.29) is 0 Å². The molecule has 1 aromatic rings. The van der Waals surface area contributed by atoms with Crippen molar-refractivity contribution in [3.8, 4) is 0 Å². The molecule has 1 unspecified atom stereocenters. The average Bonchev–Trinajstić information content (AvgIpc) is 2.78. The zero-order valence-electron chi connectivity index (χ0n) is 14.5. The highest BCUT2D eigenvalue weighted by Gasteiger charge is 2.35. The molecule has 120 valence electrons. The van der Waals surface area contributed by atoms with Crippen LogP contribution in [-0.4, -0.2) is 24.1 Å². The Labute approximate surface area is 134 Å². The molecule has 3 nitrogen and oxygen atoms in total. The van der Waals surface area contributed by atoms with E-state index < -0.39 is 0 Å². The summed E-state index contributed by atoms with van der Waals surface area (Å²) in [4.78, 5) is 8.89. The van der Waals surface area contributed by atoms with Crippen molar-refractivity contribution in [2.75, 3.05) is 18.0 Å². The van der Waals surface area contributed by atoms with Gasteiger partial charge in [0.2, 0.25) is 0 Å². The van der Waals surface area contributed by atoms with Gasteiger partial charge in [-0.25, -0.2) is 4.98 Å². The van der Waals surface area contributed by atoms with Gasteiger partial charge in [-0.2, -0.15) is 0 Å². The molecule has 21 heavy (non-hydrogen) atoms. The first-order valence-electron chi connectivity index (χ1n) is 8.37. The number of rotatable bonds is 6. The molecule has 0 spiro atoms. The van der Waals surface area contributed by atoms with Gasteiger partial charge in [-0.05, 0) is 52.0 Å². The van der Waals surface area contributed by atoms with Crippen molar-refractivity contribution in [1.82, 2.24) is 10.3 Å². The third-order valence-corrected chi connectivity index (χ3v) is 5.53. The van der Waals surface area contributed by atoms with Crippen molar-refractivity contribution >= 4 is 16.5 Å². The first-order valence-corrected chi connectivity index (χ1v) is 9.19. The average molecular weight is 310 g/mol. The lowest BCUT2D eigenvalue weighted by Crippen LogP contribution is -2.33. The van der Waals surface area contributed by atoms with E-state index >= 15 is 0 Å². The van der Waals surface area contributed by atoms with Gasteiger partial charge < -0.3 is 10.2 Å². The first kappa shape index (κ1) is 16.8. The standard InChI is InChI=1S/C17H31N3S/c1-7-9-18-13-10-17(5,6)11-14-15(13)21-16(19-14)20(8-2)12(3)4/h12-13,18H,7-11H2,1-6H3. The Morgan fingerprint density at radius 2 is 2.10 bits per heavy atom. The quantitative estimate of drug-likeness (QED) is 0.844. The van der Waals surface area contributed by atoms with Crippen molar-refractivity contribution in [1.29, 1.82) is 0 Å². The Balaban J connectivity index is 2.31. The number of thiazole rings is 1. The van der Waals surface area contributed by atoms with Gasteiger partial charge in [0, 0.05) is 23.5 Å². The third-order valence-electron chi connectivity index (χ3n) is 4.29. The van der Waals surface area contributed by atoms with E-state index in [0.717, 1.165) is 19.5 Å². The lowest BCUT2D eigenvalue weighted by molar-refractivity contribution is 0.258. The van der Waals surface area contributed by atoms with Crippen LogP contribution in [0.15, 0.2) is 0 Å². The van der Waals surface area contributed by atoms with Crippen molar-refractivity contribution < 1.29 is 0 Å². The summed E-state index contributed by atoms with van der Waals surface area (Å²) in [6, 6.07) is 0.999. The fourth-order valence-electron chi connectivity index (χ4n) is 3.25. The van der Waals surface area contributed by atoms with Crippen LogP contribution in [0.1, 0.15) is 71.0 Å². The molecule has 1 heterocycles. The summed E-state index contributed by atoms with van der Waals surface area (Å²) in [6.45, 7) is 15.8. The van der Waals surface area contributed by atoms with Crippen LogP contribution < -0.4 is 10.2 Å². The maximum atomic E-state index is 5.00. The van der Waals surface area contributed by atoms with E-state index in [4.69, 9.17) is 4.98 Å². The molecule has 0 amide bonds. The molecule has 0 aromatic carbocycles. The minimum absolute atomic E-state index is 0.346. The van der Waals surface area contributed by atoms with Gasteiger partial charge in [-0.1, -0.05) is 32.1 Å². The molecule has 1 aliphatic rings. The molecule has 0 fully saturated rings. The molecule has 2 rings (SSSR count). The van der Waals surface area contributed by atoms with Crippen molar-refractivity contribution in [2.24, 2.45) is 5.41 Å². The Morgan fingerprint density at radius 3 is 2.67 bits per heavy atom. The lowest BCUT2D eigenvalue weighted by Gasteiger charge is -2.34. The molecule has 0 radical (unpaired) electrons. The fourth-order valence-corrected chi connectivity index (χ4v) is 4.60. The lowest BCUT2D eigenvalue weighted by atomic mass is 9.76. The largest absolute Gasteiger partial charge is 0.346 e. The van der Waals surface area contributed by atoms with Crippen LogP contribution in [0.5, 0.6) is 0 Å². The number of hydrogen-bond acceptors (Lipinski definition) is 4. The monoisotopic (exact) mass is 309 g/mol. The SMILES string of the molecule is CCCNC1CC(C)(C)Cc2nc(N(CC)C(C)C)sc21. The predicted molar refractivity (Wildman–Crippen MR) is 93.4 cm³/mol. The summed E-state index contributed by atoms with van der Waals surface area (Å²) in [6.07, 6.45) is 3.51. The summed E-state index contributed by atoms with van der Waals surface area (Å²) >= 11 is 1.91. The molecule has 1 aromatic heterocycles. The number of fused-ring (bicyclic) bond motifs is 1. The smallest absolute Gasteiger partial charge is 0.186 e. The minimum Gasteiger partial charge on any atom is -0.346 e. The van der Waals surface area contributed by atoms with Gasteiger partial charge in [0.25, 0.3) is 0 Å². The maximum absolute atomic E-state index is 5.00. The second kappa shape index (κ2) is 6.66. The summed E-state index contributed by atoms with van der Waals surface area (Å²) in [5.41, 5.74) is 1.68. The highest BCUT2D eigenvalue weighted by molar-refractivity contribution is 7.15. The van der Waals surface area contributed by atoms with Crippen molar-refractivity contribution in [2.45, 2.75) is 72.9 Å². The molecule has 1 aliphatic carbocycles. The van der Waals surface area contributed by atoms with Gasteiger partial charge >= 0.3 is 0 Å². The molecule has 1 N–H and O–H groups in total. The molecule has 0 bridgehead atoms.